The molecular weight excluding hydrogens is 410 g/mol. The van der Waals surface area contributed by atoms with Crippen molar-refractivity contribution < 1.29 is 19.8 Å². The molecule has 1 unspecified atom stereocenters. The highest BCUT2D eigenvalue weighted by Gasteiger charge is 2.38. The van der Waals surface area contributed by atoms with E-state index in [2.05, 4.69) is 68.7 Å². The van der Waals surface area contributed by atoms with Crippen LogP contribution < -0.4 is 11.1 Å². The number of anilines is 3. The van der Waals surface area contributed by atoms with E-state index in [1.807, 2.05) is 0 Å². The van der Waals surface area contributed by atoms with Crippen molar-refractivity contribution in [1.29, 1.82) is 0 Å². The molecule has 0 saturated heterocycles. The second-order valence-electron chi connectivity index (χ2n) is 10.4. The number of benzene rings is 1. The summed E-state index contributed by atoms with van der Waals surface area (Å²) in [6, 6.07) is 3.71. The summed E-state index contributed by atoms with van der Waals surface area (Å²) >= 11 is 0. The maximum Gasteiger partial charge on any atom is 0.335 e. The summed E-state index contributed by atoms with van der Waals surface area (Å²) in [6.07, 6.45) is 0.580. The van der Waals surface area contributed by atoms with Gasteiger partial charge in [0.15, 0.2) is 0 Å². The van der Waals surface area contributed by atoms with Gasteiger partial charge in [0.2, 0.25) is 11.9 Å². The number of carbonyl (C=O) groups is 2. The Morgan fingerprint density at radius 3 is 1.88 bits per heavy atom. The highest BCUT2D eigenvalue weighted by Crippen LogP contribution is 2.45. The first-order chi connectivity index (χ1) is 14.6. The predicted molar refractivity (Wildman–Crippen MR) is 123 cm³/mol. The molecule has 0 radical (unpaired) electrons. The van der Waals surface area contributed by atoms with Crippen molar-refractivity contribution >= 4 is 29.5 Å². The van der Waals surface area contributed by atoms with Crippen LogP contribution in [0.3, 0.4) is 0 Å². The van der Waals surface area contributed by atoms with Crippen molar-refractivity contribution in [1.82, 2.24) is 15.0 Å². The minimum absolute atomic E-state index is 0.0283. The zero-order valence-electron chi connectivity index (χ0n) is 19.7. The first-order valence-corrected chi connectivity index (χ1v) is 10.5. The molecule has 1 atom stereocenters. The largest absolute Gasteiger partial charge is 0.478 e. The van der Waals surface area contributed by atoms with Gasteiger partial charge in [0.25, 0.3) is 0 Å². The number of carboxylic acids is 2. The van der Waals surface area contributed by atoms with Gasteiger partial charge in [-0.05, 0) is 40.9 Å². The minimum atomic E-state index is -1.24. The summed E-state index contributed by atoms with van der Waals surface area (Å²) in [6.45, 7) is 15.5. The number of nitrogens with zero attached hydrogens (tertiary/aromatic N) is 3. The second-order valence-corrected chi connectivity index (χ2v) is 10.4. The third-order valence-corrected chi connectivity index (χ3v) is 5.32. The van der Waals surface area contributed by atoms with Crippen molar-refractivity contribution in [2.45, 2.75) is 54.9 Å². The SMILES string of the molecule is CC(Cc1nc(N)nc(Nc2cc(C(=O)O)cc(C(=O)O)c2)n1)C(C(C)(C)C)C(C)(C)C. The summed E-state index contributed by atoms with van der Waals surface area (Å²) in [7, 11) is 0. The molecule has 1 aromatic heterocycles. The molecule has 2 aromatic rings. The topological polar surface area (TPSA) is 151 Å². The van der Waals surface area contributed by atoms with Crippen molar-refractivity contribution in [3.8, 4) is 0 Å². The van der Waals surface area contributed by atoms with Crippen LogP contribution in [-0.2, 0) is 6.42 Å². The summed E-state index contributed by atoms with van der Waals surface area (Å²) in [4.78, 5) is 35.5. The van der Waals surface area contributed by atoms with Crippen LogP contribution in [0.1, 0.15) is 75.0 Å². The fraction of sp³-hybridized carbons (Fsp3) is 0.522. The summed E-state index contributed by atoms with van der Waals surface area (Å²) < 4.78 is 0. The predicted octanol–water partition coefficient (Wildman–Crippen LogP) is 4.48. The molecule has 0 spiro atoms. The first-order valence-electron chi connectivity index (χ1n) is 10.5. The summed E-state index contributed by atoms with van der Waals surface area (Å²) in [5.74, 6) is -1.19. The minimum Gasteiger partial charge on any atom is -0.478 e. The van der Waals surface area contributed by atoms with Crippen LogP contribution in [0.4, 0.5) is 17.6 Å². The molecule has 0 aliphatic carbocycles. The van der Waals surface area contributed by atoms with Crippen molar-refractivity contribution in [3.05, 3.63) is 35.2 Å². The number of rotatable bonds is 7. The Balaban J connectivity index is 2.36. The monoisotopic (exact) mass is 443 g/mol. The Hall–Kier alpha value is -3.23. The fourth-order valence-electron chi connectivity index (χ4n) is 5.07. The number of hydrogen-bond acceptors (Lipinski definition) is 7. The van der Waals surface area contributed by atoms with Gasteiger partial charge in [0.05, 0.1) is 11.1 Å². The molecule has 0 aliphatic heterocycles. The molecular formula is C23H33N5O4. The Bertz CT molecular complexity index is 962. The first kappa shape index (κ1) is 25.0. The number of aromatic carboxylic acids is 2. The van der Waals surface area contributed by atoms with Crippen LogP contribution in [0.15, 0.2) is 18.2 Å². The molecule has 0 saturated carbocycles. The third kappa shape index (κ3) is 6.38. The normalized spacial score (nSPS) is 13.1. The van der Waals surface area contributed by atoms with E-state index in [9.17, 15) is 19.8 Å². The van der Waals surface area contributed by atoms with Gasteiger partial charge >= 0.3 is 11.9 Å². The molecule has 0 bridgehead atoms. The van der Waals surface area contributed by atoms with Crippen molar-refractivity contribution in [2.75, 3.05) is 11.1 Å². The highest BCUT2D eigenvalue weighted by molar-refractivity contribution is 5.95. The molecule has 2 rings (SSSR count). The average Bonchev–Trinajstić information content (AvgIpc) is 2.57. The van der Waals surface area contributed by atoms with E-state index in [0.29, 0.717) is 18.2 Å². The second kappa shape index (κ2) is 9.10. The zero-order chi connectivity index (χ0) is 24.4. The van der Waals surface area contributed by atoms with E-state index < -0.39 is 11.9 Å². The maximum atomic E-state index is 11.4. The fourth-order valence-corrected chi connectivity index (χ4v) is 5.07. The molecule has 9 heteroatoms. The molecule has 0 amide bonds. The molecule has 0 fully saturated rings. The van der Waals surface area contributed by atoms with Gasteiger partial charge in [-0.3, -0.25) is 0 Å². The molecule has 32 heavy (non-hydrogen) atoms. The van der Waals surface area contributed by atoms with E-state index in [1.165, 1.54) is 12.1 Å². The van der Waals surface area contributed by atoms with E-state index >= 15 is 0 Å². The number of aromatic nitrogens is 3. The number of nitrogens with two attached hydrogens (primary N) is 1. The highest BCUT2D eigenvalue weighted by atomic mass is 16.4. The summed E-state index contributed by atoms with van der Waals surface area (Å²) in [5.41, 5.74) is 5.94. The number of hydrogen-bond donors (Lipinski definition) is 4. The molecule has 5 N–H and O–H groups in total. The van der Waals surface area contributed by atoms with Crippen molar-refractivity contribution in [3.63, 3.8) is 0 Å². The maximum absolute atomic E-state index is 11.4. The van der Waals surface area contributed by atoms with Gasteiger partial charge in [-0.25, -0.2) is 9.59 Å². The number of carboxylic acid groups (broad SMARTS) is 2. The lowest BCUT2D eigenvalue weighted by Gasteiger charge is -2.44. The smallest absolute Gasteiger partial charge is 0.335 e. The lowest BCUT2D eigenvalue weighted by molar-refractivity contribution is 0.0491. The van der Waals surface area contributed by atoms with Crippen LogP contribution in [0.2, 0.25) is 0 Å². The van der Waals surface area contributed by atoms with Gasteiger partial charge in [-0.1, -0.05) is 48.5 Å². The van der Waals surface area contributed by atoms with Gasteiger partial charge < -0.3 is 21.3 Å². The van der Waals surface area contributed by atoms with Crippen LogP contribution in [0, 0.1) is 22.7 Å². The molecule has 174 valence electrons. The van der Waals surface area contributed by atoms with E-state index in [-0.39, 0.29) is 45.5 Å². The molecule has 1 heterocycles. The van der Waals surface area contributed by atoms with Crippen LogP contribution >= 0.6 is 0 Å². The van der Waals surface area contributed by atoms with Crippen molar-refractivity contribution in [2.24, 2.45) is 22.7 Å². The van der Waals surface area contributed by atoms with Crippen LogP contribution in [0.5, 0.6) is 0 Å². The molecule has 0 aliphatic rings. The van der Waals surface area contributed by atoms with E-state index in [4.69, 9.17) is 5.73 Å². The third-order valence-electron chi connectivity index (χ3n) is 5.32. The van der Waals surface area contributed by atoms with Crippen LogP contribution in [0.25, 0.3) is 0 Å². The number of nitrogen functional groups attached to an aromatic ring is 1. The lowest BCUT2D eigenvalue weighted by Crippen LogP contribution is -2.38. The van der Waals surface area contributed by atoms with Gasteiger partial charge in [-0.15, -0.1) is 0 Å². The Morgan fingerprint density at radius 1 is 0.938 bits per heavy atom. The zero-order valence-corrected chi connectivity index (χ0v) is 19.7. The lowest BCUT2D eigenvalue weighted by atomic mass is 9.61. The van der Waals surface area contributed by atoms with Gasteiger partial charge in [-0.2, -0.15) is 15.0 Å². The van der Waals surface area contributed by atoms with Gasteiger partial charge in [0.1, 0.15) is 5.82 Å². The average molecular weight is 444 g/mol. The van der Waals surface area contributed by atoms with E-state index in [0.717, 1.165) is 6.07 Å². The van der Waals surface area contributed by atoms with E-state index in [1.54, 1.807) is 0 Å². The Labute approximate surface area is 188 Å². The Kier molecular flexibility index (Phi) is 7.12. The Morgan fingerprint density at radius 2 is 1.44 bits per heavy atom. The molecule has 9 nitrogen and oxygen atoms in total. The van der Waals surface area contributed by atoms with Crippen LogP contribution in [-0.4, -0.2) is 37.1 Å². The van der Waals surface area contributed by atoms with Gasteiger partial charge in [0, 0.05) is 12.1 Å². The quantitative estimate of drug-likeness (QED) is 0.485. The standard InChI is InChI=1S/C23H33N5O4/c1-12(17(22(2,3)4)23(5,6)7)8-16-26-20(24)28-21(27-16)25-15-10-13(18(29)30)9-14(11-15)19(31)32/h9-12,17H,8H2,1-7H3,(H,29,30)(H,31,32)(H3,24,25,26,27,28). The number of nitrogens with one attached hydrogen (secondary N) is 1. The summed E-state index contributed by atoms with van der Waals surface area (Å²) in [5, 5.41) is 21.4. The molecule has 1 aromatic carbocycles.